The van der Waals surface area contributed by atoms with Gasteiger partial charge < -0.3 is 9.88 Å². The topological polar surface area (TPSA) is 17.0 Å². The van der Waals surface area contributed by atoms with Crippen molar-refractivity contribution in [3.63, 3.8) is 0 Å². The molecule has 1 heterocycles. The van der Waals surface area contributed by atoms with E-state index in [9.17, 15) is 0 Å². The minimum Gasteiger partial charge on any atom is -0.353 e. The second-order valence-electron chi connectivity index (χ2n) is 6.44. The molecule has 0 radical (unpaired) electrons. The van der Waals surface area contributed by atoms with E-state index in [1.54, 1.807) is 11.1 Å². The van der Waals surface area contributed by atoms with Crippen LogP contribution in [0.3, 0.4) is 0 Å². The van der Waals surface area contributed by atoms with Crippen molar-refractivity contribution in [2.75, 3.05) is 6.54 Å². The van der Waals surface area contributed by atoms with E-state index >= 15 is 0 Å². The maximum atomic E-state index is 3.64. The van der Waals surface area contributed by atoms with E-state index in [-0.39, 0.29) is 0 Å². The van der Waals surface area contributed by atoms with E-state index in [0.29, 0.717) is 6.04 Å². The van der Waals surface area contributed by atoms with Gasteiger partial charge in [-0.05, 0) is 55.7 Å². The summed E-state index contributed by atoms with van der Waals surface area (Å²) < 4.78 is 2.50. The second-order valence-corrected chi connectivity index (χ2v) is 6.44. The molecule has 1 unspecified atom stereocenters. The van der Waals surface area contributed by atoms with Gasteiger partial charge in [0.15, 0.2) is 0 Å². The highest BCUT2D eigenvalue weighted by atomic mass is 15.0. The van der Waals surface area contributed by atoms with Gasteiger partial charge in [-0.25, -0.2) is 0 Å². The van der Waals surface area contributed by atoms with Gasteiger partial charge in [-0.1, -0.05) is 26.2 Å². The van der Waals surface area contributed by atoms with Crippen molar-refractivity contribution in [1.29, 1.82) is 0 Å². The Morgan fingerprint density at radius 3 is 2.74 bits per heavy atom. The zero-order valence-corrected chi connectivity index (χ0v) is 12.3. The molecule has 0 saturated heterocycles. The molecule has 106 valence electrons. The summed E-state index contributed by atoms with van der Waals surface area (Å²) in [7, 11) is 0. The van der Waals surface area contributed by atoms with Crippen LogP contribution in [-0.4, -0.2) is 11.1 Å². The van der Waals surface area contributed by atoms with Crippen LogP contribution in [0.25, 0.3) is 0 Å². The molecule has 1 aromatic heterocycles. The molecular formula is C17H28N2. The zero-order valence-electron chi connectivity index (χ0n) is 12.3. The number of aromatic nitrogens is 1. The Morgan fingerprint density at radius 1 is 1.11 bits per heavy atom. The quantitative estimate of drug-likeness (QED) is 0.864. The fourth-order valence-corrected chi connectivity index (χ4v) is 3.98. The first kappa shape index (κ1) is 13.2. The fraction of sp³-hybridized carbons (Fsp3) is 0.765. The van der Waals surface area contributed by atoms with Crippen molar-refractivity contribution >= 4 is 0 Å². The van der Waals surface area contributed by atoms with Crippen LogP contribution in [0.5, 0.6) is 0 Å². The SMILES string of the molecule is CCNC1CCCc2cn(CC3CCCCC3)cc21. The van der Waals surface area contributed by atoms with Crippen molar-refractivity contribution in [3.05, 3.63) is 23.5 Å². The lowest BCUT2D eigenvalue weighted by Crippen LogP contribution is -2.23. The molecule has 1 atom stereocenters. The summed E-state index contributed by atoms with van der Waals surface area (Å²) in [6.45, 7) is 4.55. The molecule has 0 aromatic carbocycles. The van der Waals surface area contributed by atoms with Crippen LogP contribution in [-0.2, 0) is 13.0 Å². The molecule has 2 aliphatic rings. The number of hydrogen-bond donors (Lipinski definition) is 1. The lowest BCUT2D eigenvalue weighted by Gasteiger charge is -2.23. The summed E-state index contributed by atoms with van der Waals surface area (Å²) in [5.41, 5.74) is 3.19. The molecule has 0 spiro atoms. The van der Waals surface area contributed by atoms with Gasteiger partial charge in [0.1, 0.15) is 0 Å². The summed E-state index contributed by atoms with van der Waals surface area (Å²) in [5.74, 6) is 0.931. The summed E-state index contributed by atoms with van der Waals surface area (Å²) >= 11 is 0. The van der Waals surface area contributed by atoms with Gasteiger partial charge in [0.2, 0.25) is 0 Å². The minimum absolute atomic E-state index is 0.612. The molecular weight excluding hydrogens is 232 g/mol. The van der Waals surface area contributed by atoms with Gasteiger partial charge >= 0.3 is 0 Å². The van der Waals surface area contributed by atoms with E-state index in [2.05, 4.69) is 29.2 Å². The lowest BCUT2D eigenvalue weighted by atomic mass is 9.89. The Kier molecular flexibility index (Phi) is 4.27. The standard InChI is InChI=1S/C17H28N2/c1-2-18-17-10-6-9-15-12-19(13-16(15)17)11-14-7-4-3-5-8-14/h12-14,17-18H,2-11H2,1H3. The van der Waals surface area contributed by atoms with E-state index in [1.165, 1.54) is 57.9 Å². The average molecular weight is 260 g/mol. The van der Waals surface area contributed by atoms with Crippen molar-refractivity contribution in [3.8, 4) is 0 Å². The van der Waals surface area contributed by atoms with E-state index in [0.717, 1.165) is 12.5 Å². The molecule has 3 rings (SSSR count). The third kappa shape index (κ3) is 3.05. The van der Waals surface area contributed by atoms with Gasteiger partial charge in [-0.15, -0.1) is 0 Å². The Balaban J connectivity index is 1.70. The maximum Gasteiger partial charge on any atom is 0.0338 e. The highest BCUT2D eigenvalue weighted by Crippen LogP contribution is 2.32. The summed E-state index contributed by atoms with van der Waals surface area (Å²) in [4.78, 5) is 0. The predicted octanol–water partition coefficient (Wildman–Crippen LogP) is 4.06. The first-order valence-corrected chi connectivity index (χ1v) is 8.28. The summed E-state index contributed by atoms with van der Waals surface area (Å²) in [6.07, 6.45) is 16.1. The average Bonchev–Trinajstić information content (AvgIpc) is 2.84. The Bertz CT molecular complexity index is 401. The van der Waals surface area contributed by atoms with Crippen LogP contribution in [0, 0.1) is 5.92 Å². The predicted molar refractivity (Wildman–Crippen MR) is 80.4 cm³/mol. The number of nitrogens with zero attached hydrogens (tertiary/aromatic N) is 1. The fourth-order valence-electron chi connectivity index (χ4n) is 3.98. The monoisotopic (exact) mass is 260 g/mol. The number of rotatable bonds is 4. The van der Waals surface area contributed by atoms with Crippen molar-refractivity contribution < 1.29 is 0 Å². The summed E-state index contributed by atoms with van der Waals surface area (Å²) in [5, 5.41) is 3.64. The highest BCUT2D eigenvalue weighted by Gasteiger charge is 2.22. The number of nitrogens with one attached hydrogen (secondary N) is 1. The summed E-state index contributed by atoms with van der Waals surface area (Å²) in [6, 6.07) is 0.612. The third-order valence-corrected chi connectivity index (χ3v) is 4.96. The molecule has 2 heteroatoms. The highest BCUT2D eigenvalue weighted by molar-refractivity contribution is 5.30. The molecule has 2 nitrogen and oxygen atoms in total. The van der Waals surface area contributed by atoms with Gasteiger partial charge in [0, 0.05) is 25.0 Å². The normalized spacial score (nSPS) is 24.4. The zero-order chi connectivity index (χ0) is 13.1. The number of hydrogen-bond acceptors (Lipinski definition) is 1. The van der Waals surface area contributed by atoms with Crippen LogP contribution in [0.1, 0.15) is 69.0 Å². The van der Waals surface area contributed by atoms with Crippen molar-refractivity contribution in [2.45, 2.75) is 70.9 Å². The number of aryl methyl sites for hydroxylation is 1. The van der Waals surface area contributed by atoms with Crippen molar-refractivity contribution in [1.82, 2.24) is 9.88 Å². The van der Waals surface area contributed by atoms with E-state index < -0.39 is 0 Å². The maximum absolute atomic E-state index is 3.64. The Labute approximate surface area is 117 Å². The molecule has 2 aliphatic carbocycles. The van der Waals surface area contributed by atoms with Crippen LogP contribution in [0.15, 0.2) is 12.4 Å². The third-order valence-electron chi connectivity index (χ3n) is 4.96. The second kappa shape index (κ2) is 6.13. The minimum atomic E-state index is 0.612. The molecule has 1 aromatic rings. The Morgan fingerprint density at radius 2 is 1.95 bits per heavy atom. The first-order chi connectivity index (χ1) is 9.36. The van der Waals surface area contributed by atoms with Gasteiger partial charge in [0.05, 0.1) is 0 Å². The smallest absolute Gasteiger partial charge is 0.0338 e. The van der Waals surface area contributed by atoms with E-state index in [1.807, 2.05) is 0 Å². The van der Waals surface area contributed by atoms with Gasteiger partial charge in [0.25, 0.3) is 0 Å². The van der Waals surface area contributed by atoms with Gasteiger partial charge in [-0.2, -0.15) is 0 Å². The molecule has 0 aliphatic heterocycles. The van der Waals surface area contributed by atoms with Crippen LogP contribution in [0.2, 0.25) is 0 Å². The molecule has 1 fully saturated rings. The first-order valence-electron chi connectivity index (χ1n) is 8.28. The Hall–Kier alpha value is -0.760. The molecule has 0 bridgehead atoms. The largest absolute Gasteiger partial charge is 0.353 e. The van der Waals surface area contributed by atoms with Crippen LogP contribution < -0.4 is 5.32 Å². The molecule has 1 N–H and O–H groups in total. The molecule has 1 saturated carbocycles. The van der Waals surface area contributed by atoms with Crippen molar-refractivity contribution in [2.24, 2.45) is 5.92 Å². The van der Waals surface area contributed by atoms with Gasteiger partial charge in [-0.3, -0.25) is 0 Å². The molecule has 0 amide bonds. The van der Waals surface area contributed by atoms with E-state index in [4.69, 9.17) is 0 Å². The molecule has 19 heavy (non-hydrogen) atoms. The number of fused-ring (bicyclic) bond motifs is 1. The van der Waals surface area contributed by atoms with Crippen LogP contribution >= 0.6 is 0 Å². The lowest BCUT2D eigenvalue weighted by molar-refractivity contribution is 0.319. The van der Waals surface area contributed by atoms with Crippen LogP contribution in [0.4, 0.5) is 0 Å².